The van der Waals surface area contributed by atoms with E-state index in [1.807, 2.05) is 19.1 Å². The molecule has 1 atom stereocenters. The molecule has 9 heteroatoms. The lowest BCUT2D eigenvalue weighted by Gasteiger charge is -2.33. The van der Waals surface area contributed by atoms with Crippen LogP contribution in [0.15, 0.2) is 41.2 Å². The topological polar surface area (TPSA) is 111 Å². The minimum absolute atomic E-state index is 0.0172. The van der Waals surface area contributed by atoms with E-state index in [0.717, 1.165) is 42.3 Å². The summed E-state index contributed by atoms with van der Waals surface area (Å²) in [6, 6.07) is 10.0. The number of carbonyl (C=O) groups excluding carboxylic acids is 1. The number of rotatable bonds is 6. The molecule has 5 rings (SSSR count). The van der Waals surface area contributed by atoms with E-state index < -0.39 is 0 Å². The molecule has 3 aromatic rings. The van der Waals surface area contributed by atoms with Crippen molar-refractivity contribution in [2.45, 2.75) is 57.8 Å². The quantitative estimate of drug-likeness (QED) is 0.501. The SMILES string of the molecule is Cc1cc(=O)n(C[C@@H](N)[C@H]2CC[C@H](NCc3ccc4c(n3)NC(=O)CO4)CC2)c2cc(F)ccc12. The molecule has 4 N–H and O–H groups in total. The van der Waals surface area contributed by atoms with Gasteiger partial charge in [0.25, 0.3) is 11.5 Å². The summed E-state index contributed by atoms with van der Waals surface area (Å²) in [5.41, 5.74) is 8.70. The second-order valence-corrected chi connectivity index (χ2v) is 9.58. The van der Waals surface area contributed by atoms with Crippen LogP contribution in [0.5, 0.6) is 5.75 Å². The summed E-state index contributed by atoms with van der Waals surface area (Å²) in [6.07, 6.45) is 3.85. The van der Waals surface area contributed by atoms with Gasteiger partial charge in [0.1, 0.15) is 5.82 Å². The first-order chi connectivity index (χ1) is 16.9. The van der Waals surface area contributed by atoms with Crippen LogP contribution in [-0.4, -0.2) is 34.1 Å². The molecule has 1 amide bonds. The summed E-state index contributed by atoms with van der Waals surface area (Å²) in [5, 5.41) is 7.16. The summed E-state index contributed by atoms with van der Waals surface area (Å²) in [5.74, 6) is 0.787. The van der Waals surface area contributed by atoms with Gasteiger partial charge in [-0.25, -0.2) is 9.37 Å². The number of hydrogen-bond donors (Lipinski definition) is 3. The molecule has 1 aromatic carbocycles. The summed E-state index contributed by atoms with van der Waals surface area (Å²) >= 11 is 0. The van der Waals surface area contributed by atoms with Crippen molar-refractivity contribution < 1.29 is 13.9 Å². The van der Waals surface area contributed by atoms with Crippen LogP contribution in [0.3, 0.4) is 0 Å². The number of ether oxygens (including phenoxy) is 1. The van der Waals surface area contributed by atoms with Gasteiger partial charge in [-0.3, -0.25) is 9.59 Å². The third-order valence-corrected chi connectivity index (χ3v) is 7.16. The Kier molecular flexibility index (Phi) is 6.53. The number of amides is 1. The molecular formula is C26H30FN5O3. The van der Waals surface area contributed by atoms with Gasteiger partial charge in [0.2, 0.25) is 0 Å². The van der Waals surface area contributed by atoms with Gasteiger partial charge in [-0.15, -0.1) is 0 Å². The Hall–Kier alpha value is -3.30. The molecule has 1 aliphatic carbocycles. The van der Waals surface area contributed by atoms with Crippen LogP contribution in [0.25, 0.3) is 10.9 Å². The van der Waals surface area contributed by atoms with Crippen molar-refractivity contribution in [2.75, 3.05) is 11.9 Å². The zero-order chi connectivity index (χ0) is 24.5. The fraction of sp³-hybridized carbons (Fsp3) is 0.423. The first-order valence-corrected chi connectivity index (χ1v) is 12.1. The van der Waals surface area contributed by atoms with Crippen LogP contribution in [0.2, 0.25) is 0 Å². The van der Waals surface area contributed by atoms with E-state index in [2.05, 4.69) is 15.6 Å². The van der Waals surface area contributed by atoms with Gasteiger partial charge in [-0.2, -0.15) is 0 Å². The number of pyridine rings is 2. The molecular weight excluding hydrogens is 449 g/mol. The van der Waals surface area contributed by atoms with Crippen molar-refractivity contribution >= 4 is 22.6 Å². The molecule has 8 nitrogen and oxygen atoms in total. The van der Waals surface area contributed by atoms with E-state index in [4.69, 9.17) is 10.5 Å². The fourth-order valence-corrected chi connectivity index (χ4v) is 5.17. The maximum atomic E-state index is 13.9. The summed E-state index contributed by atoms with van der Waals surface area (Å²) in [6.45, 7) is 2.85. The molecule has 2 aromatic heterocycles. The molecule has 0 bridgehead atoms. The molecule has 1 aliphatic heterocycles. The molecule has 0 radical (unpaired) electrons. The van der Waals surface area contributed by atoms with Gasteiger partial charge >= 0.3 is 0 Å². The number of aryl methyl sites for hydroxylation is 1. The maximum Gasteiger partial charge on any atom is 0.263 e. The lowest BCUT2D eigenvalue weighted by Crippen LogP contribution is -2.42. The van der Waals surface area contributed by atoms with Crippen molar-refractivity contribution in [3.8, 4) is 5.75 Å². The van der Waals surface area contributed by atoms with Crippen LogP contribution in [0.1, 0.15) is 36.9 Å². The van der Waals surface area contributed by atoms with E-state index in [1.54, 1.807) is 16.7 Å². The molecule has 3 heterocycles. The number of nitrogens with two attached hydrogens (primary N) is 1. The molecule has 2 aliphatic rings. The Balaban J connectivity index is 1.18. The van der Waals surface area contributed by atoms with Gasteiger partial charge < -0.3 is 25.7 Å². The van der Waals surface area contributed by atoms with Gasteiger partial charge in [-0.1, -0.05) is 0 Å². The predicted octanol–water partition coefficient (Wildman–Crippen LogP) is 2.85. The largest absolute Gasteiger partial charge is 0.480 e. The van der Waals surface area contributed by atoms with E-state index in [1.165, 1.54) is 12.1 Å². The third kappa shape index (κ3) is 5.06. The van der Waals surface area contributed by atoms with E-state index >= 15 is 0 Å². The van der Waals surface area contributed by atoms with Crippen LogP contribution < -0.4 is 26.7 Å². The van der Waals surface area contributed by atoms with Gasteiger partial charge in [0.05, 0.1) is 11.2 Å². The summed E-state index contributed by atoms with van der Waals surface area (Å²) < 4.78 is 20.9. The van der Waals surface area contributed by atoms with Gasteiger partial charge in [0, 0.05) is 36.6 Å². The first kappa shape index (κ1) is 23.4. The molecule has 35 heavy (non-hydrogen) atoms. The molecule has 1 fully saturated rings. The van der Waals surface area contributed by atoms with Crippen molar-refractivity contribution in [2.24, 2.45) is 11.7 Å². The van der Waals surface area contributed by atoms with Crippen molar-refractivity contribution in [1.29, 1.82) is 0 Å². The Morgan fingerprint density at radius 2 is 2.00 bits per heavy atom. The highest BCUT2D eigenvalue weighted by molar-refractivity contribution is 5.94. The summed E-state index contributed by atoms with van der Waals surface area (Å²) in [4.78, 5) is 28.7. The number of carbonyl (C=O) groups is 1. The highest BCUT2D eigenvalue weighted by atomic mass is 19.1. The molecule has 184 valence electrons. The standard InChI is InChI=1S/C26H30FN5O3/c1-15-10-25(34)32(22-11-17(27)4-8-20(15)22)13-21(28)16-2-5-18(6-3-16)29-12-19-7-9-23-26(30-19)31-24(33)14-35-23/h4,7-11,16,18,21,29H,2-3,5-6,12-14,28H2,1H3,(H,30,31,33)/t16-,18-,21-/m1/s1. The molecule has 0 spiro atoms. The number of aromatic nitrogens is 2. The minimum Gasteiger partial charge on any atom is -0.480 e. The summed E-state index contributed by atoms with van der Waals surface area (Å²) in [7, 11) is 0. The number of fused-ring (bicyclic) bond motifs is 2. The first-order valence-electron chi connectivity index (χ1n) is 12.1. The van der Waals surface area contributed by atoms with Crippen LogP contribution >= 0.6 is 0 Å². The second kappa shape index (κ2) is 9.75. The number of benzene rings is 1. The van der Waals surface area contributed by atoms with E-state index in [-0.39, 0.29) is 29.9 Å². The zero-order valence-corrected chi connectivity index (χ0v) is 19.7. The van der Waals surface area contributed by atoms with Crippen molar-refractivity contribution in [3.63, 3.8) is 0 Å². The zero-order valence-electron chi connectivity index (χ0n) is 19.7. The highest BCUT2D eigenvalue weighted by Gasteiger charge is 2.26. The highest BCUT2D eigenvalue weighted by Crippen LogP contribution is 2.29. The molecule has 0 unspecified atom stereocenters. The number of hydrogen-bond acceptors (Lipinski definition) is 6. The number of nitrogens with one attached hydrogen (secondary N) is 2. The normalized spacial score (nSPS) is 20.7. The van der Waals surface area contributed by atoms with Crippen LogP contribution in [0, 0.1) is 18.7 Å². The number of anilines is 1. The van der Waals surface area contributed by atoms with Crippen LogP contribution in [-0.2, 0) is 17.9 Å². The fourth-order valence-electron chi connectivity index (χ4n) is 5.17. The van der Waals surface area contributed by atoms with E-state index in [9.17, 15) is 14.0 Å². The average Bonchev–Trinajstić information content (AvgIpc) is 2.85. The lowest BCUT2D eigenvalue weighted by molar-refractivity contribution is -0.118. The average molecular weight is 480 g/mol. The van der Waals surface area contributed by atoms with E-state index in [0.29, 0.717) is 42.1 Å². The van der Waals surface area contributed by atoms with Gasteiger partial charge in [-0.05, 0) is 74.4 Å². The maximum absolute atomic E-state index is 13.9. The Morgan fingerprint density at radius 3 is 2.80 bits per heavy atom. The Bertz CT molecular complexity index is 1320. The minimum atomic E-state index is -0.361. The molecule has 1 saturated carbocycles. The van der Waals surface area contributed by atoms with Crippen molar-refractivity contribution in [1.82, 2.24) is 14.9 Å². The predicted molar refractivity (Wildman–Crippen MR) is 132 cm³/mol. The van der Waals surface area contributed by atoms with Crippen molar-refractivity contribution in [3.05, 3.63) is 63.8 Å². The Labute approximate surface area is 202 Å². The number of halogens is 1. The second-order valence-electron chi connectivity index (χ2n) is 9.58. The molecule has 0 saturated heterocycles. The Morgan fingerprint density at radius 1 is 1.20 bits per heavy atom. The monoisotopic (exact) mass is 479 g/mol. The smallest absolute Gasteiger partial charge is 0.263 e. The number of nitrogens with zero attached hydrogens (tertiary/aromatic N) is 2. The van der Waals surface area contributed by atoms with Gasteiger partial charge in [0.15, 0.2) is 18.2 Å². The lowest BCUT2D eigenvalue weighted by atomic mass is 9.81. The van der Waals surface area contributed by atoms with Crippen LogP contribution in [0.4, 0.5) is 10.2 Å². The third-order valence-electron chi connectivity index (χ3n) is 7.16.